The summed E-state index contributed by atoms with van der Waals surface area (Å²) in [6.07, 6.45) is 4.67. The van der Waals surface area contributed by atoms with Crippen LogP contribution in [0.15, 0.2) is 64.0 Å². The number of amides is 1. The van der Waals surface area contributed by atoms with Crippen molar-refractivity contribution in [3.05, 3.63) is 65.3 Å². The van der Waals surface area contributed by atoms with E-state index in [9.17, 15) is 9.59 Å². The minimum Gasteiger partial charge on any atom is -0.464 e. The molecule has 1 aliphatic heterocycles. The Hall–Kier alpha value is -3.61. The minimum absolute atomic E-state index is 0.207. The number of carbonyl (C=O) groups is 1. The number of H-pyrrole nitrogens is 1. The first-order chi connectivity index (χ1) is 15.7. The lowest BCUT2D eigenvalue weighted by molar-refractivity contribution is -0.131. The van der Waals surface area contributed by atoms with Crippen LogP contribution < -0.4 is 5.69 Å². The highest BCUT2D eigenvalue weighted by molar-refractivity contribution is 5.84. The minimum atomic E-state index is -0.207. The normalized spacial score (nSPS) is 18.5. The maximum absolute atomic E-state index is 12.5. The first-order valence-electron chi connectivity index (χ1n) is 11.2. The largest absolute Gasteiger partial charge is 0.464 e. The molecule has 162 valence electrons. The number of hydrogen-bond acceptors (Lipinski definition) is 4. The highest BCUT2D eigenvalue weighted by atomic mass is 16.3. The van der Waals surface area contributed by atoms with Crippen LogP contribution in [0.25, 0.3) is 33.5 Å². The molecule has 3 heterocycles. The summed E-state index contributed by atoms with van der Waals surface area (Å²) in [6.45, 7) is 2.08. The topological polar surface area (TPSA) is 84.1 Å². The molecule has 1 saturated carbocycles. The number of hydrogen-bond donors (Lipinski definition) is 1. The van der Waals surface area contributed by atoms with Crippen LogP contribution in [0.5, 0.6) is 0 Å². The molecule has 1 N–H and O–H groups in total. The molecular formula is C25H24N4O3. The van der Waals surface area contributed by atoms with E-state index in [4.69, 9.17) is 4.42 Å². The van der Waals surface area contributed by atoms with Gasteiger partial charge in [-0.2, -0.15) is 5.10 Å². The zero-order valence-corrected chi connectivity index (χ0v) is 17.7. The summed E-state index contributed by atoms with van der Waals surface area (Å²) in [7, 11) is 0. The highest BCUT2D eigenvalue weighted by Crippen LogP contribution is 2.33. The summed E-state index contributed by atoms with van der Waals surface area (Å²) in [5.41, 5.74) is 3.75. The van der Waals surface area contributed by atoms with Crippen molar-refractivity contribution in [1.82, 2.24) is 19.7 Å². The van der Waals surface area contributed by atoms with Crippen LogP contribution in [0.2, 0.25) is 0 Å². The Morgan fingerprint density at radius 1 is 1.03 bits per heavy atom. The van der Waals surface area contributed by atoms with E-state index >= 15 is 0 Å². The van der Waals surface area contributed by atoms with E-state index in [-0.39, 0.29) is 23.4 Å². The van der Waals surface area contributed by atoms with Gasteiger partial charge in [0.15, 0.2) is 5.82 Å². The molecule has 7 nitrogen and oxygen atoms in total. The molecule has 2 aliphatic rings. The molecule has 0 bridgehead atoms. The summed E-state index contributed by atoms with van der Waals surface area (Å²) in [5, 5.41) is 7.96. The smallest absolute Gasteiger partial charge is 0.343 e. The van der Waals surface area contributed by atoms with E-state index in [1.54, 1.807) is 10.8 Å². The van der Waals surface area contributed by atoms with Gasteiger partial charge in [-0.05, 0) is 54.5 Å². The second kappa shape index (κ2) is 7.51. The van der Waals surface area contributed by atoms with Crippen molar-refractivity contribution < 1.29 is 9.21 Å². The average Bonchev–Trinajstić information content (AvgIpc) is 3.21. The third-order valence-electron chi connectivity index (χ3n) is 6.65. The van der Waals surface area contributed by atoms with E-state index in [2.05, 4.69) is 16.3 Å². The highest BCUT2D eigenvalue weighted by Gasteiger charge is 2.36. The summed E-state index contributed by atoms with van der Waals surface area (Å²) in [6, 6.07) is 16.2. The van der Waals surface area contributed by atoms with Gasteiger partial charge in [-0.1, -0.05) is 30.3 Å². The molecule has 1 aliphatic carbocycles. The Morgan fingerprint density at radius 3 is 2.62 bits per heavy atom. The monoisotopic (exact) mass is 428 g/mol. The van der Waals surface area contributed by atoms with Crippen molar-refractivity contribution in [2.24, 2.45) is 11.8 Å². The van der Waals surface area contributed by atoms with Gasteiger partial charge in [0.2, 0.25) is 5.91 Å². The number of aromatic nitrogens is 3. The molecule has 2 aromatic heterocycles. The van der Waals surface area contributed by atoms with Crippen molar-refractivity contribution in [2.75, 3.05) is 13.1 Å². The second-order valence-electron chi connectivity index (χ2n) is 8.93. The SMILES string of the molecule is O=C(C1CC1)N1CC[C@@H](Cn2c(-c3ccc(-c4ccc5occc5c4)cc3)n[nH]c2=O)C1. The lowest BCUT2D eigenvalue weighted by Crippen LogP contribution is -2.31. The summed E-state index contributed by atoms with van der Waals surface area (Å²) in [5.74, 6) is 1.44. The molecule has 1 amide bonds. The van der Waals surface area contributed by atoms with Crippen molar-refractivity contribution in [3.63, 3.8) is 0 Å². The standard InChI is InChI=1S/C25H24N4O3/c30-24(19-5-6-19)28-11-9-16(14-28)15-29-23(26-27-25(29)31)18-3-1-17(2-4-18)20-7-8-22-21(13-20)10-12-32-22/h1-4,7-8,10,12-13,16,19H,5-6,9,11,14-15H2,(H,27,31)/t16-/m1/s1. The lowest BCUT2D eigenvalue weighted by Gasteiger charge is -2.16. The number of nitrogens with one attached hydrogen (secondary N) is 1. The maximum atomic E-state index is 12.5. The van der Waals surface area contributed by atoms with Gasteiger partial charge in [-0.25, -0.2) is 9.89 Å². The van der Waals surface area contributed by atoms with Gasteiger partial charge in [0.25, 0.3) is 0 Å². The molecule has 6 rings (SSSR count). The predicted molar refractivity (Wildman–Crippen MR) is 121 cm³/mol. The van der Waals surface area contributed by atoms with Crippen molar-refractivity contribution >= 4 is 16.9 Å². The van der Waals surface area contributed by atoms with Gasteiger partial charge in [-0.15, -0.1) is 0 Å². The third kappa shape index (κ3) is 3.43. The Bertz CT molecular complexity index is 1340. The number of carbonyl (C=O) groups excluding carboxylic acids is 1. The fourth-order valence-corrected chi connectivity index (χ4v) is 4.69. The number of fused-ring (bicyclic) bond motifs is 1. The number of furan rings is 1. The molecule has 1 atom stereocenters. The quantitative estimate of drug-likeness (QED) is 0.522. The number of benzene rings is 2. The molecule has 2 fully saturated rings. The first kappa shape index (κ1) is 19.1. The summed E-state index contributed by atoms with van der Waals surface area (Å²) < 4.78 is 7.13. The van der Waals surface area contributed by atoms with Gasteiger partial charge in [-0.3, -0.25) is 9.36 Å². The van der Waals surface area contributed by atoms with Gasteiger partial charge >= 0.3 is 5.69 Å². The average molecular weight is 428 g/mol. The Labute approximate surface area is 184 Å². The summed E-state index contributed by atoms with van der Waals surface area (Å²) in [4.78, 5) is 26.8. The van der Waals surface area contributed by atoms with Crippen LogP contribution in [0.3, 0.4) is 0 Å². The predicted octanol–water partition coefficient (Wildman–Crippen LogP) is 3.91. The van der Waals surface area contributed by atoms with Crippen LogP contribution >= 0.6 is 0 Å². The second-order valence-corrected chi connectivity index (χ2v) is 8.93. The fraction of sp³-hybridized carbons (Fsp3) is 0.320. The molecule has 32 heavy (non-hydrogen) atoms. The van der Waals surface area contributed by atoms with E-state index in [0.717, 1.165) is 60.0 Å². The van der Waals surface area contributed by atoms with Gasteiger partial charge in [0.1, 0.15) is 5.58 Å². The van der Waals surface area contributed by atoms with Crippen LogP contribution in [0, 0.1) is 11.8 Å². The Kier molecular flexibility index (Phi) is 4.48. The Balaban J connectivity index is 1.22. The molecule has 2 aromatic carbocycles. The van der Waals surface area contributed by atoms with E-state index < -0.39 is 0 Å². The third-order valence-corrected chi connectivity index (χ3v) is 6.65. The zero-order valence-electron chi connectivity index (χ0n) is 17.7. The summed E-state index contributed by atoms with van der Waals surface area (Å²) >= 11 is 0. The zero-order chi connectivity index (χ0) is 21.7. The van der Waals surface area contributed by atoms with E-state index in [1.807, 2.05) is 47.4 Å². The molecule has 0 unspecified atom stereocenters. The molecule has 7 heteroatoms. The lowest BCUT2D eigenvalue weighted by atomic mass is 10.0. The number of aromatic amines is 1. The van der Waals surface area contributed by atoms with Gasteiger partial charge < -0.3 is 9.32 Å². The molecule has 4 aromatic rings. The van der Waals surface area contributed by atoms with E-state index in [1.165, 1.54) is 0 Å². The van der Waals surface area contributed by atoms with Crippen LogP contribution in [0.4, 0.5) is 0 Å². The molecule has 0 radical (unpaired) electrons. The molecule has 1 saturated heterocycles. The number of nitrogens with zero attached hydrogens (tertiary/aromatic N) is 3. The van der Waals surface area contributed by atoms with Gasteiger partial charge in [0.05, 0.1) is 6.26 Å². The number of rotatable bonds is 5. The van der Waals surface area contributed by atoms with Gasteiger partial charge in [0, 0.05) is 36.5 Å². The maximum Gasteiger partial charge on any atom is 0.343 e. The Morgan fingerprint density at radius 2 is 1.81 bits per heavy atom. The van der Waals surface area contributed by atoms with Crippen molar-refractivity contribution in [1.29, 1.82) is 0 Å². The molecule has 0 spiro atoms. The van der Waals surface area contributed by atoms with Crippen LogP contribution in [0.1, 0.15) is 19.3 Å². The first-order valence-corrected chi connectivity index (χ1v) is 11.2. The fourth-order valence-electron chi connectivity index (χ4n) is 4.69. The number of likely N-dealkylation sites (tertiary alicyclic amines) is 1. The van der Waals surface area contributed by atoms with Crippen molar-refractivity contribution in [3.8, 4) is 22.5 Å². The van der Waals surface area contributed by atoms with Crippen molar-refractivity contribution in [2.45, 2.75) is 25.8 Å². The van der Waals surface area contributed by atoms with Crippen LogP contribution in [-0.4, -0.2) is 38.7 Å². The van der Waals surface area contributed by atoms with Crippen LogP contribution in [-0.2, 0) is 11.3 Å². The molecular weight excluding hydrogens is 404 g/mol. The van der Waals surface area contributed by atoms with E-state index in [0.29, 0.717) is 12.4 Å².